The van der Waals surface area contributed by atoms with Crippen molar-refractivity contribution >= 4 is 28.4 Å². The molecule has 2 heterocycles. The second-order valence-corrected chi connectivity index (χ2v) is 5.51. The molecule has 0 unspecified atom stereocenters. The third kappa shape index (κ3) is 2.82. The summed E-state index contributed by atoms with van der Waals surface area (Å²) in [6.45, 7) is 0. The molecule has 0 radical (unpaired) electrons. The minimum absolute atomic E-state index is 0.214. The number of para-hydroxylation sites is 1. The largest absolute Gasteiger partial charge is 0.433 e. The molecule has 0 aliphatic rings. The third-order valence-corrected chi connectivity index (χ3v) is 3.92. The lowest BCUT2D eigenvalue weighted by molar-refractivity contribution is -0.141. The maximum absolute atomic E-state index is 12.7. The Balaban J connectivity index is 1.97. The second-order valence-electron chi connectivity index (χ2n) is 4.43. The van der Waals surface area contributed by atoms with Gasteiger partial charge in [-0.1, -0.05) is 30.0 Å². The van der Waals surface area contributed by atoms with E-state index in [1.165, 1.54) is 0 Å². The molecule has 0 aliphatic carbocycles. The fourth-order valence-corrected chi connectivity index (χ4v) is 2.84. The van der Waals surface area contributed by atoms with E-state index in [1.54, 1.807) is 0 Å². The van der Waals surface area contributed by atoms with E-state index in [-0.39, 0.29) is 5.69 Å². The Hall–Kier alpha value is -2.15. The van der Waals surface area contributed by atoms with E-state index in [0.717, 1.165) is 40.0 Å². The Bertz CT molecular complexity index is 763. The first-order valence-electron chi connectivity index (χ1n) is 6.02. The molecule has 2 aromatic heterocycles. The van der Waals surface area contributed by atoms with Crippen molar-refractivity contribution in [2.75, 3.05) is 5.73 Å². The van der Waals surface area contributed by atoms with Gasteiger partial charge in [0.05, 0.1) is 16.9 Å². The highest BCUT2D eigenvalue weighted by molar-refractivity contribution is 7.99. The molecule has 3 rings (SSSR count). The van der Waals surface area contributed by atoms with Gasteiger partial charge in [-0.3, -0.25) is 0 Å². The minimum Gasteiger partial charge on any atom is -0.397 e. The molecule has 1 aromatic carbocycles. The first kappa shape index (κ1) is 13.8. The van der Waals surface area contributed by atoms with Crippen LogP contribution in [0.4, 0.5) is 18.9 Å². The summed E-state index contributed by atoms with van der Waals surface area (Å²) >= 11 is 1.15. The number of H-pyrrole nitrogens is 1. The van der Waals surface area contributed by atoms with Gasteiger partial charge in [0.15, 0.2) is 0 Å². The Morgan fingerprint density at radius 2 is 1.90 bits per heavy atom. The summed E-state index contributed by atoms with van der Waals surface area (Å²) < 4.78 is 38.1. The van der Waals surface area contributed by atoms with Gasteiger partial charge in [-0.15, -0.1) is 0 Å². The van der Waals surface area contributed by atoms with E-state index in [4.69, 9.17) is 5.73 Å². The topological polar surface area (TPSA) is 54.7 Å². The number of nitrogens with zero attached hydrogens (tertiary/aromatic N) is 1. The van der Waals surface area contributed by atoms with Crippen molar-refractivity contribution in [2.45, 2.75) is 16.1 Å². The lowest BCUT2D eigenvalue weighted by atomic mass is 10.3. The summed E-state index contributed by atoms with van der Waals surface area (Å²) in [5.74, 6) is 0. The molecule has 0 amide bonds. The average Bonchev–Trinajstić information content (AvgIpc) is 2.82. The number of hydrogen-bond acceptors (Lipinski definition) is 3. The molecule has 0 saturated heterocycles. The Morgan fingerprint density at radius 3 is 2.62 bits per heavy atom. The van der Waals surface area contributed by atoms with Crippen molar-refractivity contribution in [2.24, 2.45) is 0 Å². The molecule has 0 fully saturated rings. The lowest BCUT2D eigenvalue weighted by Gasteiger charge is -2.09. The molecule has 3 nitrogen and oxygen atoms in total. The zero-order valence-corrected chi connectivity index (χ0v) is 11.4. The maximum atomic E-state index is 12.7. The number of fused-ring (bicyclic) bond motifs is 1. The van der Waals surface area contributed by atoms with Crippen molar-refractivity contribution in [3.63, 3.8) is 0 Å². The summed E-state index contributed by atoms with van der Waals surface area (Å²) in [6.07, 6.45) is -3.45. The van der Waals surface area contributed by atoms with Crippen LogP contribution in [-0.4, -0.2) is 9.97 Å². The van der Waals surface area contributed by atoms with Crippen LogP contribution < -0.4 is 5.73 Å². The van der Waals surface area contributed by atoms with Gasteiger partial charge in [-0.05, 0) is 18.2 Å². The predicted octanol–water partition coefficient (Wildman–Crippen LogP) is 4.32. The molecule has 21 heavy (non-hydrogen) atoms. The number of aromatic amines is 1. The number of halogens is 3. The number of pyridine rings is 1. The van der Waals surface area contributed by atoms with Gasteiger partial charge in [-0.25, -0.2) is 4.98 Å². The van der Waals surface area contributed by atoms with Crippen LogP contribution in [-0.2, 0) is 6.18 Å². The van der Waals surface area contributed by atoms with Gasteiger partial charge in [0.2, 0.25) is 0 Å². The SMILES string of the molecule is Nc1cnc(C(F)(F)F)cc1Sc1cc2ccccc2[nH]1. The highest BCUT2D eigenvalue weighted by Crippen LogP contribution is 2.36. The molecule has 108 valence electrons. The highest BCUT2D eigenvalue weighted by Gasteiger charge is 2.33. The van der Waals surface area contributed by atoms with Crippen molar-refractivity contribution in [3.05, 3.63) is 48.3 Å². The van der Waals surface area contributed by atoms with Gasteiger partial charge in [-0.2, -0.15) is 13.2 Å². The zero-order valence-electron chi connectivity index (χ0n) is 10.6. The van der Waals surface area contributed by atoms with Gasteiger partial charge in [0.25, 0.3) is 0 Å². The number of aromatic nitrogens is 2. The van der Waals surface area contributed by atoms with Crippen LogP contribution in [0.15, 0.2) is 52.5 Å². The van der Waals surface area contributed by atoms with Crippen LogP contribution in [0, 0.1) is 0 Å². The van der Waals surface area contributed by atoms with E-state index < -0.39 is 11.9 Å². The van der Waals surface area contributed by atoms with Crippen LogP contribution in [0.2, 0.25) is 0 Å². The molecule has 7 heteroatoms. The standard InChI is InChI=1S/C14H10F3N3S/c15-14(16,17)12-6-11(9(18)7-19-12)21-13-5-8-3-1-2-4-10(8)20-13/h1-7,20H,18H2. The monoisotopic (exact) mass is 309 g/mol. The average molecular weight is 309 g/mol. The summed E-state index contributed by atoms with van der Waals surface area (Å²) in [4.78, 5) is 6.78. The predicted molar refractivity (Wildman–Crippen MR) is 76.1 cm³/mol. The number of rotatable bonds is 2. The molecule has 0 spiro atoms. The van der Waals surface area contributed by atoms with E-state index in [1.807, 2.05) is 30.3 Å². The van der Waals surface area contributed by atoms with Crippen molar-refractivity contribution in [3.8, 4) is 0 Å². The van der Waals surface area contributed by atoms with E-state index in [2.05, 4.69) is 9.97 Å². The second kappa shape index (κ2) is 5.00. The first-order chi connectivity index (χ1) is 9.93. The molecule has 0 atom stereocenters. The van der Waals surface area contributed by atoms with Crippen molar-refractivity contribution in [1.29, 1.82) is 0 Å². The number of hydrogen-bond donors (Lipinski definition) is 2. The zero-order chi connectivity index (χ0) is 15.0. The molecule has 3 N–H and O–H groups in total. The van der Waals surface area contributed by atoms with Crippen molar-refractivity contribution in [1.82, 2.24) is 9.97 Å². The summed E-state index contributed by atoms with van der Waals surface area (Å²) in [5, 5.41) is 1.71. The molecular weight excluding hydrogens is 299 g/mol. The molecule has 0 aliphatic heterocycles. The number of anilines is 1. The van der Waals surface area contributed by atoms with E-state index in [9.17, 15) is 13.2 Å². The normalized spacial score (nSPS) is 12.0. The lowest BCUT2D eigenvalue weighted by Crippen LogP contribution is -2.08. The third-order valence-electron chi connectivity index (χ3n) is 2.91. The molecule has 0 saturated carbocycles. The van der Waals surface area contributed by atoms with Crippen LogP contribution in [0.3, 0.4) is 0 Å². The smallest absolute Gasteiger partial charge is 0.397 e. The highest BCUT2D eigenvalue weighted by atomic mass is 32.2. The molecular formula is C14H10F3N3S. The van der Waals surface area contributed by atoms with E-state index >= 15 is 0 Å². The summed E-state index contributed by atoms with van der Waals surface area (Å²) in [5.41, 5.74) is 5.90. The maximum Gasteiger partial charge on any atom is 0.433 e. The Morgan fingerprint density at radius 1 is 1.14 bits per heavy atom. The molecule has 3 aromatic rings. The number of benzene rings is 1. The van der Waals surface area contributed by atoms with Gasteiger partial charge in [0.1, 0.15) is 5.69 Å². The molecule has 0 bridgehead atoms. The fourth-order valence-electron chi connectivity index (χ4n) is 1.91. The van der Waals surface area contributed by atoms with E-state index in [0.29, 0.717) is 4.90 Å². The van der Waals surface area contributed by atoms with Crippen LogP contribution in [0.5, 0.6) is 0 Å². The number of nitrogens with two attached hydrogens (primary N) is 1. The summed E-state index contributed by atoms with van der Waals surface area (Å²) in [7, 11) is 0. The Labute approximate surface area is 122 Å². The number of alkyl halides is 3. The number of nitrogens with one attached hydrogen (secondary N) is 1. The quantitative estimate of drug-likeness (QED) is 0.741. The van der Waals surface area contributed by atoms with Crippen LogP contribution in [0.25, 0.3) is 10.9 Å². The van der Waals surface area contributed by atoms with Gasteiger partial charge >= 0.3 is 6.18 Å². The fraction of sp³-hybridized carbons (Fsp3) is 0.0714. The van der Waals surface area contributed by atoms with Gasteiger partial charge in [0, 0.05) is 15.8 Å². The van der Waals surface area contributed by atoms with Crippen molar-refractivity contribution < 1.29 is 13.2 Å². The number of nitrogen functional groups attached to an aromatic ring is 1. The Kier molecular flexibility index (Phi) is 3.29. The first-order valence-corrected chi connectivity index (χ1v) is 6.83. The van der Waals surface area contributed by atoms with Crippen LogP contribution in [0.1, 0.15) is 5.69 Å². The van der Waals surface area contributed by atoms with Gasteiger partial charge < -0.3 is 10.7 Å². The summed E-state index contributed by atoms with van der Waals surface area (Å²) in [6, 6.07) is 10.4. The minimum atomic E-state index is -4.48. The van der Waals surface area contributed by atoms with Crippen LogP contribution >= 0.6 is 11.8 Å².